The second-order valence-corrected chi connectivity index (χ2v) is 6.90. The van der Waals surface area contributed by atoms with Crippen LogP contribution in [0.2, 0.25) is 0 Å². The zero-order chi connectivity index (χ0) is 18.8. The van der Waals surface area contributed by atoms with Gasteiger partial charge in [-0.15, -0.1) is 0 Å². The molecule has 0 bridgehead atoms. The van der Waals surface area contributed by atoms with Crippen molar-refractivity contribution in [3.63, 3.8) is 0 Å². The van der Waals surface area contributed by atoms with Crippen LogP contribution in [-0.2, 0) is 17.8 Å². The first-order valence-corrected chi connectivity index (χ1v) is 9.19. The van der Waals surface area contributed by atoms with Crippen molar-refractivity contribution >= 4 is 16.9 Å². The van der Waals surface area contributed by atoms with Gasteiger partial charge in [0, 0.05) is 37.1 Å². The molecule has 0 radical (unpaired) electrons. The monoisotopic (exact) mass is 367 g/mol. The summed E-state index contributed by atoms with van der Waals surface area (Å²) in [6.07, 6.45) is 2.92. The molecule has 1 unspecified atom stereocenters. The number of likely N-dealkylation sites (tertiary alicyclic amines) is 1. The number of halogens is 1. The molecule has 6 nitrogen and oxygen atoms in total. The molecule has 0 saturated carbocycles. The summed E-state index contributed by atoms with van der Waals surface area (Å²) in [7, 11) is 0. The van der Waals surface area contributed by atoms with E-state index >= 15 is 0 Å². The van der Waals surface area contributed by atoms with Crippen LogP contribution in [0.3, 0.4) is 0 Å². The Morgan fingerprint density at radius 1 is 1.26 bits per heavy atom. The zero-order valence-electron chi connectivity index (χ0n) is 15.0. The topological polar surface area (TPSA) is 77.0 Å². The molecule has 1 aliphatic rings. The molecule has 2 aromatic heterocycles. The smallest absolute Gasteiger partial charge is 0.227 e. The summed E-state index contributed by atoms with van der Waals surface area (Å²) in [5, 5.41) is 5.77. The van der Waals surface area contributed by atoms with Crippen LogP contribution < -0.4 is 5.73 Å². The highest BCUT2D eigenvalue weighted by Gasteiger charge is 2.30. The summed E-state index contributed by atoms with van der Waals surface area (Å²) in [5.74, 6) is -0.0400. The molecule has 1 aromatic carbocycles. The summed E-state index contributed by atoms with van der Waals surface area (Å²) >= 11 is 0. The lowest BCUT2D eigenvalue weighted by Gasteiger charge is -2.16. The Hall–Kier alpha value is -2.80. The number of hydrogen-bond acceptors (Lipinski definition) is 4. The molecule has 3 aromatic rings. The first-order chi connectivity index (χ1) is 13.2. The summed E-state index contributed by atoms with van der Waals surface area (Å²) in [6.45, 7) is 2.47. The van der Waals surface area contributed by atoms with Crippen molar-refractivity contribution in [1.29, 1.82) is 0 Å². The molecule has 7 heteroatoms. The van der Waals surface area contributed by atoms with Crippen molar-refractivity contribution in [3.05, 3.63) is 59.7 Å². The summed E-state index contributed by atoms with van der Waals surface area (Å²) in [5.41, 5.74) is 8.35. The molecule has 3 heterocycles. The van der Waals surface area contributed by atoms with Crippen LogP contribution >= 0.6 is 0 Å². The van der Waals surface area contributed by atoms with Crippen LogP contribution in [0.15, 0.2) is 42.6 Å². The van der Waals surface area contributed by atoms with E-state index in [2.05, 4.69) is 4.98 Å². The van der Waals surface area contributed by atoms with Crippen LogP contribution in [0.4, 0.5) is 4.39 Å². The fourth-order valence-corrected chi connectivity index (χ4v) is 3.71. The zero-order valence-corrected chi connectivity index (χ0v) is 15.0. The van der Waals surface area contributed by atoms with Crippen molar-refractivity contribution in [3.8, 4) is 0 Å². The third-order valence-electron chi connectivity index (χ3n) is 5.07. The van der Waals surface area contributed by atoms with Crippen molar-refractivity contribution < 1.29 is 9.18 Å². The molecule has 1 fully saturated rings. The van der Waals surface area contributed by atoms with Gasteiger partial charge in [0.25, 0.3) is 0 Å². The van der Waals surface area contributed by atoms with Gasteiger partial charge in [-0.2, -0.15) is 5.10 Å². The van der Waals surface area contributed by atoms with Gasteiger partial charge in [-0.25, -0.2) is 14.1 Å². The predicted octanol–water partition coefficient (Wildman–Crippen LogP) is 2.09. The average molecular weight is 367 g/mol. The number of fused-ring (bicyclic) bond motifs is 1. The van der Waals surface area contributed by atoms with E-state index in [9.17, 15) is 9.18 Å². The van der Waals surface area contributed by atoms with Gasteiger partial charge in [0.15, 0.2) is 5.65 Å². The highest BCUT2D eigenvalue weighted by Crippen LogP contribution is 2.31. The number of carbonyl (C=O) groups excluding carboxylic acids is 1. The molecule has 0 aliphatic carbocycles. The maximum Gasteiger partial charge on any atom is 0.227 e. The van der Waals surface area contributed by atoms with E-state index in [1.54, 1.807) is 18.3 Å². The molecule has 1 aliphatic heterocycles. The maximum atomic E-state index is 13.0. The van der Waals surface area contributed by atoms with Gasteiger partial charge in [0.05, 0.1) is 18.7 Å². The van der Waals surface area contributed by atoms with E-state index in [0.29, 0.717) is 26.2 Å². The van der Waals surface area contributed by atoms with Crippen LogP contribution in [0, 0.1) is 5.82 Å². The van der Waals surface area contributed by atoms with Crippen molar-refractivity contribution in [1.82, 2.24) is 19.7 Å². The highest BCUT2D eigenvalue weighted by molar-refractivity contribution is 5.81. The van der Waals surface area contributed by atoms with E-state index in [-0.39, 0.29) is 24.1 Å². The molecular formula is C20H22FN5O. The largest absolute Gasteiger partial charge is 0.342 e. The van der Waals surface area contributed by atoms with Gasteiger partial charge >= 0.3 is 0 Å². The average Bonchev–Trinajstić information content (AvgIpc) is 3.29. The third-order valence-corrected chi connectivity index (χ3v) is 5.07. The van der Waals surface area contributed by atoms with Crippen LogP contribution in [0.25, 0.3) is 11.0 Å². The van der Waals surface area contributed by atoms with Gasteiger partial charge in [0.1, 0.15) is 5.82 Å². The van der Waals surface area contributed by atoms with Crippen molar-refractivity contribution in [2.24, 2.45) is 5.73 Å². The first kappa shape index (κ1) is 17.6. The molecule has 4 rings (SSSR count). The normalized spacial score (nSPS) is 17.0. The molecule has 1 atom stereocenters. The van der Waals surface area contributed by atoms with Gasteiger partial charge in [-0.05, 0) is 36.2 Å². The van der Waals surface area contributed by atoms with Gasteiger partial charge in [-0.1, -0.05) is 12.1 Å². The fourth-order valence-electron chi connectivity index (χ4n) is 3.71. The first-order valence-electron chi connectivity index (χ1n) is 9.19. The Morgan fingerprint density at radius 3 is 2.85 bits per heavy atom. The number of hydrogen-bond donors (Lipinski definition) is 1. The standard InChI is InChI=1S/C20H22FN5O/c21-16-5-3-14(4-6-16)12-18(27)25-10-7-15(13-25)19-17-2-1-9-23-20(17)26(24-19)11-8-22/h1-6,9,15H,7-8,10-13,22H2. The minimum atomic E-state index is -0.291. The Kier molecular flexibility index (Phi) is 4.85. The number of amides is 1. The van der Waals surface area contributed by atoms with Crippen molar-refractivity contribution in [2.75, 3.05) is 19.6 Å². The van der Waals surface area contributed by atoms with Gasteiger partial charge in [0.2, 0.25) is 5.91 Å². The molecule has 2 N–H and O–H groups in total. The van der Waals surface area contributed by atoms with Crippen LogP contribution in [0.5, 0.6) is 0 Å². The number of pyridine rings is 1. The van der Waals surface area contributed by atoms with Crippen LogP contribution in [-0.4, -0.2) is 45.2 Å². The Bertz CT molecular complexity index is 953. The van der Waals surface area contributed by atoms with E-state index in [4.69, 9.17) is 10.8 Å². The second-order valence-electron chi connectivity index (χ2n) is 6.90. The minimum absolute atomic E-state index is 0.0629. The number of aromatic nitrogens is 3. The SMILES string of the molecule is NCCn1nc(C2CCN(C(=O)Cc3ccc(F)cc3)C2)c2cccnc21. The predicted molar refractivity (Wildman–Crippen MR) is 101 cm³/mol. The fraction of sp³-hybridized carbons (Fsp3) is 0.350. The molecule has 0 spiro atoms. The van der Waals surface area contributed by atoms with Gasteiger partial charge < -0.3 is 10.6 Å². The minimum Gasteiger partial charge on any atom is -0.342 e. The Morgan fingerprint density at radius 2 is 2.07 bits per heavy atom. The molecular weight excluding hydrogens is 345 g/mol. The van der Waals surface area contributed by atoms with E-state index in [1.165, 1.54) is 12.1 Å². The third kappa shape index (κ3) is 3.55. The van der Waals surface area contributed by atoms with Crippen molar-refractivity contribution in [2.45, 2.75) is 25.3 Å². The number of nitrogens with two attached hydrogens (primary N) is 1. The quantitative estimate of drug-likeness (QED) is 0.749. The summed E-state index contributed by atoms with van der Waals surface area (Å²) in [4.78, 5) is 18.9. The molecule has 140 valence electrons. The maximum absolute atomic E-state index is 13.0. The highest BCUT2D eigenvalue weighted by atomic mass is 19.1. The van der Waals surface area contributed by atoms with Gasteiger partial charge in [-0.3, -0.25) is 4.79 Å². The van der Waals surface area contributed by atoms with Crippen LogP contribution in [0.1, 0.15) is 23.6 Å². The number of benzene rings is 1. The molecule has 1 amide bonds. The lowest BCUT2D eigenvalue weighted by Crippen LogP contribution is -2.29. The second kappa shape index (κ2) is 7.44. The van der Waals surface area contributed by atoms with E-state index < -0.39 is 0 Å². The van der Waals surface area contributed by atoms with E-state index in [0.717, 1.165) is 28.7 Å². The Labute approximate surface area is 156 Å². The van der Waals surface area contributed by atoms with E-state index in [1.807, 2.05) is 21.7 Å². The Balaban J connectivity index is 1.50. The molecule has 27 heavy (non-hydrogen) atoms. The lowest BCUT2D eigenvalue weighted by molar-refractivity contribution is -0.129. The molecule has 1 saturated heterocycles. The lowest BCUT2D eigenvalue weighted by atomic mass is 10.0. The number of nitrogens with zero attached hydrogens (tertiary/aromatic N) is 4. The summed E-state index contributed by atoms with van der Waals surface area (Å²) in [6, 6.07) is 10.0. The number of carbonyl (C=O) groups is 1. The number of rotatable bonds is 5. The summed E-state index contributed by atoms with van der Waals surface area (Å²) < 4.78 is 14.9.